The number of amides is 1. The lowest BCUT2D eigenvalue weighted by molar-refractivity contribution is 0.0891. The molecule has 0 saturated heterocycles. The van der Waals surface area contributed by atoms with Crippen LogP contribution in [0.4, 0.5) is 5.69 Å². The number of aryl methyl sites for hydroxylation is 1. The van der Waals surface area contributed by atoms with Gasteiger partial charge in [-0.1, -0.05) is 45.0 Å². The molecule has 0 aromatic heterocycles. The molecule has 1 N–H and O–H groups in total. The van der Waals surface area contributed by atoms with E-state index >= 15 is 0 Å². The Balaban J connectivity index is 2.17. The molecule has 0 aliphatic heterocycles. The van der Waals surface area contributed by atoms with E-state index in [9.17, 15) is 13.2 Å². The van der Waals surface area contributed by atoms with E-state index in [4.69, 9.17) is 0 Å². The highest BCUT2D eigenvalue weighted by Crippen LogP contribution is 2.27. The van der Waals surface area contributed by atoms with E-state index in [1.165, 1.54) is 10.6 Å². The molecule has 2 aromatic carbocycles. The van der Waals surface area contributed by atoms with Crippen LogP contribution >= 0.6 is 0 Å². The molecular formula is C24H34N2O3S. The predicted molar refractivity (Wildman–Crippen MR) is 124 cm³/mol. The summed E-state index contributed by atoms with van der Waals surface area (Å²) in [5, 5.41) is 3.10. The van der Waals surface area contributed by atoms with Gasteiger partial charge in [0.05, 0.1) is 18.5 Å². The quantitative estimate of drug-likeness (QED) is 0.679. The first-order chi connectivity index (χ1) is 13.7. The average Bonchev–Trinajstić information content (AvgIpc) is 2.56. The van der Waals surface area contributed by atoms with Crippen molar-refractivity contribution in [3.05, 3.63) is 65.2 Å². The van der Waals surface area contributed by atoms with Crippen molar-refractivity contribution in [2.75, 3.05) is 10.6 Å². The van der Waals surface area contributed by atoms with E-state index in [1.54, 1.807) is 30.3 Å². The topological polar surface area (TPSA) is 66.5 Å². The second-order valence-corrected chi connectivity index (χ2v) is 11.8. The maximum Gasteiger partial charge on any atom is 0.251 e. The summed E-state index contributed by atoms with van der Waals surface area (Å²) in [6, 6.07) is 14.5. The van der Waals surface area contributed by atoms with E-state index in [0.717, 1.165) is 17.5 Å². The number of hydrogen-bond acceptors (Lipinski definition) is 3. The van der Waals surface area contributed by atoms with Crippen molar-refractivity contribution in [1.29, 1.82) is 0 Å². The van der Waals surface area contributed by atoms with Crippen LogP contribution in [0, 0.1) is 12.3 Å². The third-order valence-electron chi connectivity index (χ3n) is 4.66. The normalized spacial score (nSPS) is 12.5. The molecule has 0 bridgehead atoms. The smallest absolute Gasteiger partial charge is 0.251 e. The first-order valence-electron chi connectivity index (χ1n) is 10.1. The van der Waals surface area contributed by atoms with Crippen molar-refractivity contribution in [2.24, 2.45) is 5.41 Å². The number of carbonyl (C=O) groups excluding carboxylic acids is 1. The highest BCUT2D eigenvalue weighted by molar-refractivity contribution is 7.92. The second-order valence-electron chi connectivity index (χ2n) is 9.88. The number of rotatable bonds is 7. The highest BCUT2D eigenvalue weighted by atomic mass is 32.2. The minimum Gasteiger partial charge on any atom is -0.347 e. The molecule has 0 radical (unpaired) electrons. The zero-order valence-corrected chi connectivity index (χ0v) is 19.9. The molecule has 2 aromatic rings. The summed E-state index contributed by atoms with van der Waals surface area (Å²) in [5.41, 5.74) is 2.77. The van der Waals surface area contributed by atoms with E-state index in [1.807, 2.05) is 39.0 Å². The molecule has 0 fully saturated rings. The Morgan fingerprint density at radius 1 is 1.00 bits per heavy atom. The number of nitrogens with zero attached hydrogens (tertiary/aromatic N) is 1. The van der Waals surface area contributed by atoms with Crippen LogP contribution in [0.2, 0.25) is 0 Å². The van der Waals surface area contributed by atoms with Gasteiger partial charge in [0.2, 0.25) is 10.0 Å². The lowest BCUT2D eigenvalue weighted by atomic mass is 9.81. The third kappa shape index (κ3) is 7.17. The summed E-state index contributed by atoms with van der Waals surface area (Å²) < 4.78 is 26.1. The van der Waals surface area contributed by atoms with Gasteiger partial charge < -0.3 is 5.32 Å². The molecule has 0 spiro atoms. The molecule has 1 amide bonds. The van der Waals surface area contributed by atoms with E-state index < -0.39 is 10.0 Å². The Hall–Kier alpha value is -2.34. The Labute approximate surface area is 181 Å². The number of benzene rings is 2. The molecule has 2 rings (SSSR count). The van der Waals surface area contributed by atoms with Crippen LogP contribution in [-0.4, -0.2) is 26.1 Å². The van der Waals surface area contributed by atoms with Crippen LogP contribution in [0.5, 0.6) is 0 Å². The Bertz CT molecular complexity index is 988. The average molecular weight is 431 g/mol. The van der Waals surface area contributed by atoms with Gasteiger partial charge >= 0.3 is 0 Å². The second kappa shape index (κ2) is 8.80. The summed E-state index contributed by atoms with van der Waals surface area (Å²) >= 11 is 0. The predicted octanol–water partition coefficient (Wildman–Crippen LogP) is 4.91. The van der Waals surface area contributed by atoms with E-state index in [-0.39, 0.29) is 23.4 Å². The fourth-order valence-corrected chi connectivity index (χ4v) is 4.74. The van der Waals surface area contributed by atoms with Crippen LogP contribution in [0.3, 0.4) is 0 Å². The number of hydrogen-bond donors (Lipinski definition) is 1. The summed E-state index contributed by atoms with van der Waals surface area (Å²) in [4.78, 5) is 12.7. The van der Waals surface area contributed by atoms with Crippen molar-refractivity contribution in [2.45, 2.75) is 60.0 Å². The van der Waals surface area contributed by atoms with Crippen LogP contribution < -0.4 is 9.62 Å². The third-order valence-corrected chi connectivity index (χ3v) is 5.80. The molecule has 164 valence electrons. The minimum absolute atomic E-state index is 0.103. The lowest BCUT2D eigenvalue weighted by Gasteiger charge is -2.33. The van der Waals surface area contributed by atoms with E-state index in [2.05, 4.69) is 26.1 Å². The Kier molecular flexibility index (Phi) is 7.02. The van der Waals surface area contributed by atoms with Crippen LogP contribution in [0.25, 0.3) is 0 Å². The van der Waals surface area contributed by atoms with Crippen molar-refractivity contribution in [3.8, 4) is 0 Å². The van der Waals surface area contributed by atoms with Gasteiger partial charge in [-0.2, -0.15) is 0 Å². The largest absolute Gasteiger partial charge is 0.347 e. The Morgan fingerprint density at radius 3 is 2.10 bits per heavy atom. The first-order valence-corrected chi connectivity index (χ1v) is 12.0. The summed E-state index contributed by atoms with van der Waals surface area (Å²) in [5.74, 6) is -0.130. The molecule has 30 heavy (non-hydrogen) atoms. The summed E-state index contributed by atoms with van der Waals surface area (Å²) in [7, 11) is -3.45. The van der Waals surface area contributed by atoms with Crippen molar-refractivity contribution in [3.63, 3.8) is 0 Å². The van der Waals surface area contributed by atoms with Crippen molar-refractivity contribution in [1.82, 2.24) is 5.32 Å². The van der Waals surface area contributed by atoms with Gasteiger partial charge in [-0.05, 0) is 68.0 Å². The zero-order valence-electron chi connectivity index (χ0n) is 19.1. The number of carbonyl (C=O) groups is 1. The maximum absolute atomic E-state index is 12.7. The highest BCUT2D eigenvalue weighted by Gasteiger charge is 2.27. The van der Waals surface area contributed by atoms with Gasteiger partial charge in [0.15, 0.2) is 0 Å². The van der Waals surface area contributed by atoms with Gasteiger partial charge in [-0.3, -0.25) is 9.10 Å². The zero-order chi connectivity index (χ0) is 22.7. The molecule has 0 heterocycles. The lowest BCUT2D eigenvalue weighted by Crippen LogP contribution is -2.45. The number of sulfonamides is 1. The van der Waals surface area contributed by atoms with Crippen LogP contribution in [0.1, 0.15) is 62.5 Å². The monoisotopic (exact) mass is 430 g/mol. The van der Waals surface area contributed by atoms with Gasteiger partial charge in [0, 0.05) is 11.1 Å². The molecule has 0 unspecified atom stereocenters. The Morgan fingerprint density at radius 2 is 1.60 bits per heavy atom. The standard InChI is InChI=1S/C24H34N2O3S/c1-18-9-8-10-21(15-18)26(30(7,28)29)16-19-11-13-20(14-12-19)22(27)25-24(5,6)17-23(2,3)4/h8-15H,16-17H2,1-7H3,(H,25,27). The summed E-state index contributed by atoms with van der Waals surface area (Å²) in [6.45, 7) is 12.6. The number of nitrogens with one attached hydrogen (secondary N) is 1. The minimum atomic E-state index is -3.45. The van der Waals surface area contributed by atoms with E-state index in [0.29, 0.717) is 11.3 Å². The van der Waals surface area contributed by atoms with Gasteiger partial charge in [-0.25, -0.2) is 8.42 Å². The van der Waals surface area contributed by atoms with Crippen LogP contribution in [-0.2, 0) is 16.6 Å². The first kappa shape index (κ1) is 23.9. The number of anilines is 1. The van der Waals surface area contributed by atoms with Crippen molar-refractivity contribution < 1.29 is 13.2 Å². The molecule has 6 heteroatoms. The molecule has 5 nitrogen and oxygen atoms in total. The maximum atomic E-state index is 12.7. The summed E-state index contributed by atoms with van der Waals surface area (Å²) in [6.07, 6.45) is 2.05. The fourth-order valence-electron chi connectivity index (χ4n) is 3.86. The molecule has 0 aliphatic carbocycles. The SMILES string of the molecule is Cc1cccc(N(Cc2ccc(C(=O)NC(C)(C)CC(C)(C)C)cc2)S(C)(=O)=O)c1. The van der Waals surface area contributed by atoms with Crippen LogP contribution in [0.15, 0.2) is 48.5 Å². The molecule has 0 atom stereocenters. The van der Waals surface area contributed by atoms with Gasteiger partial charge in [-0.15, -0.1) is 0 Å². The fraction of sp³-hybridized carbons (Fsp3) is 0.458. The molecular weight excluding hydrogens is 396 g/mol. The van der Waals surface area contributed by atoms with Gasteiger partial charge in [0.1, 0.15) is 0 Å². The molecule has 0 aliphatic rings. The molecule has 0 saturated carbocycles. The van der Waals surface area contributed by atoms with Crippen molar-refractivity contribution >= 4 is 21.6 Å². The van der Waals surface area contributed by atoms with Gasteiger partial charge in [0.25, 0.3) is 5.91 Å².